The van der Waals surface area contributed by atoms with Gasteiger partial charge in [0, 0.05) is 24.0 Å². The molecule has 0 aliphatic carbocycles. The molecule has 0 aromatic heterocycles. The first-order valence-electron chi connectivity index (χ1n) is 9.09. The summed E-state index contributed by atoms with van der Waals surface area (Å²) in [6.07, 6.45) is 3.41. The Kier molecular flexibility index (Phi) is 8.22. The Morgan fingerprint density at radius 2 is 1.80 bits per heavy atom. The van der Waals surface area contributed by atoms with Crippen molar-refractivity contribution in [3.8, 4) is 0 Å². The molecule has 138 valence electrons. The lowest BCUT2D eigenvalue weighted by Crippen LogP contribution is -2.44. The van der Waals surface area contributed by atoms with Crippen molar-refractivity contribution < 1.29 is 9.59 Å². The maximum Gasteiger partial charge on any atom is 0.234 e. The Labute approximate surface area is 155 Å². The van der Waals surface area contributed by atoms with Crippen molar-refractivity contribution >= 4 is 23.4 Å². The van der Waals surface area contributed by atoms with Crippen molar-refractivity contribution in [2.24, 2.45) is 5.92 Å². The fourth-order valence-corrected chi connectivity index (χ4v) is 3.13. The van der Waals surface area contributed by atoms with E-state index in [0.717, 1.165) is 55.9 Å². The largest absolute Gasteiger partial charge is 0.356 e. The SMILES string of the molecule is CCCNC(=O)C1CCN(CC(=O)NCCc2ccc(Cl)cc2)CC1. The average molecular weight is 366 g/mol. The number of hydrogen-bond donors (Lipinski definition) is 2. The van der Waals surface area contributed by atoms with Gasteiger partial charge in [0.2, 0.25) is 11.8 Å². The van der Waals surface area contributed by atoms with E-state index in [-0.39, 0.29) is 17.7 Å². The lowest BCUT2D eigenvalue weighted by atomic mass is 9.96. The highest BCUT2D eigenvalue weighted by molar-refractivity contribution is 6.30. The molecule has 1 fully saturated rings. The smallest absolute Gasteiger partial charge is 0.234 e. The predicted octanol–water partition coefficient (Wildman–Crippen LogP) is 2.24. The molecule has 6 heteroatoms. The van der Waals surface area contributed by atoms with Gasteiger partial charge in [-0.1, -0.05) is 30.7 Å². The van der Waals surface area contributed by atoms with E-state index in [4.69, 9.17) is 11.6 Å². The Bertz CT molecular complexity index is 554. The number of halogens is 1. The first-order chi connectivity index (χ1) is 12.1. The van der Waals surface area contributed by atoms with Crippen LogP contribution < -0.4 is 10.6 Å². The van der Waals surface area contributed by atoms with Crippen molar-refractivity contribution in [2.45, 2.75) is 32.6 Å². The predicted molar refractivity (Wildman–Crippen MR) is 101 cm³/mol. The van der Waals surface area contributed by atoms with Gasteiger partial charge in [-0.15, -0.1) is 0 Å². The zero-order valence-corrected chi connectivity index (χ0v) is 15.6. The van der Waals surface area contributed by atoms with Gasteiger partial charge >= 0.3 is 0 Å². The Hall–Kier alpha value is -1.59. The van der Waals surface area contributed by atoms with Crippen LogP contribution in [-0.4, -0.2) is 49.4 Å². The van der Waals surface area contributed by atoms with Crippen LogP contribution in [0.15, 0.2) is 24.3 Å². The van der Waals surface area contributed by atoms with Gasteiger partial charge < -0.3 is 10.6 Å². The highest BCUT2D eigenvalue weighted by Gasteiger charge is 2.25. The fraction of sp³-hybridized carbons (Fsp3) is 0.579. The van der Waals surface area contributed by atoms with E-state index < -0.39 is 0 Å². The molecule has 1 aliphatic heterocycles. The van der Waals surface area contributed by atoms with Crippen LogP contribution in [0.1, 0.15) is 31.7 Å². The average Bonchev–Trinajstić information content (AvgIpc) is 2.62. The molecule has 25 heavy (non-hydrogen) atoms. The third-order valence-electron chi connectivity index (χ3n) is 4.52. The summed E-state index contributed by atoms with van der Waals surface area (Å²) in [4.78, 5) is 26.2. The van der Waals surface area contributed by atoms with Crippen LogP contribution in [0.5, 0.6) is 0 Å². The molecular weight excluding hydrogens is 338 g/mol. The summed E-state index contributed by atoms with van der Waals surface area (Å²) >= 11 is 5.86. The highest BCUT2D eigenvalue weighted by Crippen LogP contribution is 2.17. The van der Waals surface area contributed by atoms with Gasteiger partial charge in [0.1, 0.15) is 0 Å². The van der Waals surface area contributed by atoms with E-state index in [1.54, 1.807) is 0 Å². The van der Waals surface area contributed by atoms with Crippen molar-refractivity contribution in [1.29, 1.82) is 0 Å². The fourth-order valence-electron chi connectivity index (χ4n) is 3.00. The zero-order valence-electron chi connectivity index (χ0n) is 14.9. The topological polar surface area (TPSA) is 61.4 Å². The molecule has 0 unspecified atom stereocenters. The number of rotatable bonds is 8. The minimum atomic E-state index is 0.0443. The molecule has 1 saturated heterocycles. The molecule has 1 aromatic rings. The third-order valence-corrected chi connectivity index (χ3v) is 4.78. The quantitative estimate of drug-likeness (QED) is 0.742. The van der Waals surface area contributed by atoms with Crippen LogP contribution in [0.4, 0.5) is 0 Å². The number of hydrogen-bond acceptors (Lipinski definition) is 3. The van der Waals surface area contributed by atoms with Crippen molar-refractivity contribution in [1.82, 2.24) is 15.5 Å². The molecule has 2 rings (SSSR count). The Morgan fingerprint density at radius 1 is 1.12 bits per heavy atom. The number of benzene rings is 1. The lowest BCUT2D eigenvalue weighted by Gasteiger charge is -2.30. The summed E-state index contributed by atoms with van der Waals surface area (Å²) < 4.78 is 0. The molecule has 1 heterocycles. The van der Waals surface area contributed by atoms with Crippen LogP contribution >= 0.6 is 11.6 Å². The van der Waals surface area contributed by atoms with Gasteiger partial charge in [0.05, 0.1) is 6.54 Å². The van der Waals surface area contributed by atoms with Gasteiger partial charge in [-0.2, -0.15) is 0 Å². The molecule has 0 saturated carbocycles. The summed E-state index contributed by atoms with van der Waals surface area (Å²) in [6, 6.07) is 7.67. The van der Waals surface area contributed by atoms with Gasteiger partial charge in [-0.3, -0.25) is 14.5 Å². The standard InChI is InChI=1S/C19H28ClN3O2/c1-2-10-22-19(25)16-8-12-23(13-9-16)14-18(24)21-11-7-15-3-5-17(20)6-4-15/h3-6,16H,2,7-14H2,1H3,(H,21,24)(H,22,25). The number of amides is 2. The van der Waals surface area contributed by atoms with Crippen LogP contribution in [0.3, 0.4) is 0 Å². The zero-order chi connectivity index (χ0) is 18.1. The number of piperidine rings is 1. The second-order valence-electron chi connectivity index (χ2n) is 6.57. The van der Waals surface area contributed by atoms with E-state index in [0.29, 0.717) is 13.1 Å². The van der Waals surface area contributed by atoms with E-state index in [1.807, 2.05) is 24.3 Å². The minimum absolute atomic E-state index is 0.0443. The van der Waals surface area contributed by atoms with E-state index >= 15 is 0 Å². The monoisotopic (exact) mass is 365 g/mol. The molecule has 0 bridgehead atoms. The number of carbonyl (C=O) groups is 2. The summed E-state index contributed by atoms with van der Waals surface area (Å²) in [5, 5.41) is 6.64. The molecule has 0 spiro atoms. The Morgan fingerprint density at radius 3 is 2.44 bits per heavy atom. The first-order valence-corrected chi connectivity index (χ1v) is 9.47. The van der Waals surface area contributed by atoms with Gasteiger partial charge in [0.25, 0.3) is 0 Å². The second-order valence-corrected chi connectivity index (χ2v) is 7.00. The number of likely N-dealkylation sites (tertiary alicyclic amines) is 1. The van der Waals surface area contributed by atoms with Crippen molar-refractivity contribution in [3.63, 3.8) is 0 Å². The summed E-state index contributed by atoms with van der Waals surface area (Å²) in [5.74, 6) is 0.299. The molecular formula is C19H28ClN3O2. The van der Waals surface area contributed by atoms with Crippen LogP contribution in [0, 0.1) is 5.92 Å². The summed E-state index contributed by atoms with van der Waals surface area (Å²) in [7, 11) is 0. The van der Waals surface area contributed by atoms with Gasteiger partial charge in [0.15, 0.2) is 0 Å². The second kappa shape index (κ2) is 10.4. The molecule has 5 nitrogen and oxygen atoms in total. The maximum absolute atomic E-state index is 12.1. The highest BCUT2D eigenvalue weighted by atomic mass is 35.5. The van der Waals surface area contributed by atoms with E-state index in [1.165, 1.54) is 0 Å². The molecule has 1 aliphatic rings. The lowest BCUT2D eigenvalue weighted by molar-refractivity contribution is -0.126. The van der Waals surface area contributed by atoms with Crippen LogP contribution in [0.25, 0.3) is 0 Å². The summed E-state index contributed by atoms with van der Waals surface area (Å²) in [6.45, 7) is 5.42. The third kappa shape index (κ3) is 7.04. The summed E-state index contributed by atoms with van der Waals surface area (Å²) in [5.41, 5.74) is 1.16. The van der Waals surface area contributed by atoms with E-state index in [9.17, 15) is 9.59 Å². The molecule has 0 radical (unpaired) electrons. The van der Waals surface area contributed by atoms with Gasteiger partial charge in [-0.25, -0.2) is 0 Å². The van der Waals surface area contributed by atoms with Crippen molar-refractivity contribution in [2.75, 3.05) is 32.7 Å². The number of carbonyl (C=O) groups excluding carboxylic acids is 2. The van der Waals surface area contributed by atoms with Gasteiger partial charge in [-0.05, 0) is 56.5 Å². The Balaban J connectivity index is 1.61. The molecule has 2 amide bonds. The number of nitrogens with one attached hydrogen (secondary N) is 2. The first kappa shape index (κ1) is 19.7. The van der Waals surface area contributed by atoms with Crippen LogP contribution in [-0.2, 0) is 16.0 Å². The normalized spacial score (nSPS) is 15.8. The molecule has 1 aromatic carbocycles. The minimum Gasteiger partial charge on any atom is -0.356 e. The van der Waals surface area contributed by atoms with Crippen molar-refractivity contribution in [3.05, 3.63) is 34.9 Å². The molecule has 0 atom stereocenters. The molecule has 2 N–H and O–H groups in total. The maximum atomic E-state index is 12.1. The van der Waals surface area contributed by atoms with Crippen LogP contribution in [0.2, 0.25) is 5.02 Å². The van der Waals surface area contributed by atoms with E-state index in [2.05, 4.69) is 22.5 Å². The number of nitrogens with zero attached hydrogens (tertiary/aromatic N) is 1.